The number of nitrogens with zero attached hydrogens (tertiary/aromatic N) is 3. The van der Waals surface area contributed by atoms with E-state index >= 15 is 0 Å². The highest BCUT2D eigenvalue weighted by Crippen LogP contribution is 2.34. The smallest absolute Gasteiger partial charge is 0.282 e. The summed E-state index contributed by atoms with van der Waals surface area (Å²) in [7, 11) is 0. The largest absolute Gasteiger partial charge is 0.455 e. The highest BCUT2D eigenvalue weighted by atomic mass is 35.5. The van der Waals surface area contributed by atoms with Crippen molar-refractivity contribution in [2.24, 2.45) is 5.10 Å². The summed E-state index contributed by atoms with van der Waals surface area (Å²) in [4.78, 5) is 17.6. The number of thiophene rings is 1. The van der Waals surface area contributed by atoms with Crippen LogP contribution in [0.25, 0.3) is 21.5 Å². The Bertz CT molecular complexity index is 1210. The minimum Gasteiger partial charge on any atom is -0.455 e. The lowest BCUT2D eigenvalue weighted by Crippen LogP contribution is -2.19. The number of furan rings is 1. The SMILES string of the molecule is Cc1nc2sccc2c(=O)n1/N=C\c1ccc(-c2cccc(Cl)c2Cl)o1. The monoisotopic (exact) mass is 403 g/mol. The van der Waals surface area contributed by atoms with E-state index in [9.17, 15) is 4.79 Å². The fourth-order valence-corrected chi connectivity index (χ4v) is 3.71. The van der Waals surface area contributed by atoms with Crippen LogP contribution in [0.15, 0.2) is 56.1 Å². The summed E-state index contributed by atoms with van der Waals surface area (Å²) in [5.41, 5.74) is 0.475. The van der Waals surface area contributed by atoms with Crippen LogP contribution in [0.5, 0.6) is 0 Å². The van der Waals surface area contributed by atoms with Crippen molar-refractivity contribution < 1.29 is 4.42 Å². The van der Waals surface area contributed by atoms with Gasteiger partial charge < -0.3 is 4.42 Å². The summed E-state index contributed by atoms with van der Waals surface area (Å²) in [6, 6.07) is 10.6. The van der Waals surface area contributed by atoms with Gasteiger partial charge in [0.1, 0.15) is 22.2 Å². The highest BCUT2D eigenvalue weighted by Gasteiger charge is 2.11. The third kappa shape index (κ3) is 2.96. The van der Waals surface area contributed by atoms with E-state index in [0.717, 1.165) is 0 Å². The first-order chi connectivity index (χ1) is 12.5. The van der Waals surface area contributed by atoms with Crippen LogP contribution in [0.3, 0.4) is 0 Å². The van der Waals surface area contributed by atoms with Gasteiger partial charge in [-0.25, -0.2) is 4.98 Å². The molecule has 26 heavy (non-hydrogen) atoms. The molecule has 5 nitrogen and oxygen atoms in total. The van der Waals surface area contributed by atoms with E-state index in [1.165, 1.54) is 22.2 Å². The molecule has 4 aromatic rings. The maximum atomic E-state index is 12.5. The molecule has 0 bridgehead atoms. The first-order valence-electron chi connectivity index (χ1n) is 7.60. The van der Waals surface area contributed by atoms with Gasteiger partial charge in [0, 0.05) is 5.56 Å². The van der Waals surface area contributed by atoms with E-state index < -0.39 is 0 Å². The van der Waals surface area contributed by atoms with Gasteiger partial charge in [0.05, 0.1) is 21.6 Å². The highest BCUT2D eigenvalue weighted by molar-refractivity contribution is 7.16. The van der Waals surface area contributed by atoms with Crippen molar-refractivity contribution >= 4 is 51.0 Å². The minimum atomic E-state index is -0.213. The zero-order valence-electron chi connectivity index (χ0n) is 13.4. The average molecular weight is 404 g/mol. The quantitative estimate of drug-likeness (QED) is 0.440. The molecule has 0 spiro atoms. The normalized spacial score (nSPS) is 11.7. The van der Waals surface area contributed by atoms with Crippen LogP contribution in [0.4, 0.5) is 0 Å². The molecule has 130 valence electrons. The van der Waals surface area contributed by atoms with E-state index in [1.54, 1.807) is 37.3 Å². The lowest BCUT2D eigenvalue weighted by Gasteiger charge is -2.02. The molecular weight excluding hydrogens is 393 g/mol. The molecular formula is C18H11Cl2N3O2S. The second-order valence-corrected chi connectivity index (χ2v) is 7.14. The van der Waals surface area contributed by atoms with E-state index in [0.29, 0.717) is 43.2 Å². The first kappa shape index (κ1) is 17.0. The van der Waals surface area contributed by atoms with Crippen molar-refractivity contribution in [3.8, 4) is 11.3 Å². The second kappa shape index (κ2) is 6.72. The summed E-state index contributed by atoms with van der Waals surface area (Å²) in [5, 5.41) is 7.47. The van der Waals surface area contributed by atoms with Crippen molar-refractivity contribution in [3.63, 3.8) is 0 Å². The number of rotatable bonds is 3. The molecule has 0 saturated carbocycles. The summed E-state index contributed by atoms with van der Waals surface area (Å²) in [5.74, 6) is 1.55. The summed E-state index contributed by atoms with van der Waals surface area (Å²) in [6.07, 6.45) is 1.47. The fraction of sp³-hybridized carbons (Fsp3) is 0.0556. The molecule has 0 atom stereocenters. The van der Waals surface area contributed by atoms with E-state index in [4.69, 9.17) is 27.6 Å². The zero-order chi connectivity index (χ0) is 18.3. The Hall–Kier alpha value is -2.41. The molecule has 0 fully saturated rings. The van der Waals surface area contributed by atoms with Gasteiger partial charge in [0.2, 0.25) is 0 Å². The molecule has 0 radical (unpaired) electrons. The predicted octanol–water partition coefficient (Wildman–Crippen LogP) is 5.22. The maximum absolute atomic E-state index is 12.5. The third-order valence-electron chi connectivity index (χ3n) is 3.78. The summed E-state index contributed by atoms with van der Waals surface area (Å²) >= 11 is 13.7. The Balaban J connectivity index is 1.70. The summed E-state index contributed by atoms with van der Waals surface area (Å²) in [6.45, 7) is 1.73. The summed E-state index contributed by atoms with van der Waals surface area (Å²) < 4.78 is 7.01. The maximum Gasteiger partial charge on any atom is 0.282 e. The molecule has 4 rings (SSSR count). The van der Waals surface area contributed by atoms with Gasteiger partial charge in [0.25, 0.3) is 5.56 Å². The van der Waals surface area contributed by atoms with Gasteiger partial charge in [-0.2, -0.15) is 9.78 Å². The Kier molecular flexibility index (Phi) is 4.40. The number of hydrogen-bond acceptors (Lipinski definition) is 5. The Morgan fingerprint density at radius 2 is 2.08 bits per heavy atom. The molecule has 0 N–H and O–H groups in total. The van der Waals surface area contributed by atoms with Crippen LogP contribution in [0.2, 0.25) is 10.0 Å². The van der Waals surface area contributed by atoms with Crippen molar-refractivity contribution in [1.82, 2.24) is 9.66 Å². The predicted molar refractivity (Wildman–Crippen MR) is 106 cm³/mol. The number of aryl methyl sites for hydroxylation is 1. The van der Waals surface area contributed by atoms with Crippen molar-refractivity contribution in [3.05, 3.63) is 73.8 Å². The average Bonchev–Trinajstić information content (AvgIpc) is 3.26. The lowest BCUT2D eigenvalue weighted by atomic mass is 10.2. The van der Waals surface area contributed by atoms with Gasteiger partial charge in [-0.3, -0.25) is 4.79 Å². The third-order valence-corrected chi connectivity index (χ3v) is 5.41. The van der Waals surface area contributed by atoms with Gasteiger partial charge >= 0.3 is 0 Å². The van der Waals surface area contributed by atoms with Gasteiger partial charge in [-0.15, -0.1) is 11.3 Å². The van der Waals surface area contributed by atoms with E-state index in [-0.39, 0.29) is 5.56 Å². The molecule has 0 unspecified atom stereocenters. The minimum absolute atomic E-state index is 0.213. The molecule has 8 heteroatoms. The van der Waals surface area contributed by atoms with Gasteiger partial charge in [-0.1, -0.05) is 29.3 Å². The molecule has 0 saturated heterocycles. The molecule has 0 amide bonds. The Labute approximate surface area is 162 Å². The van der Waals surface area contributed by atoms with Crippen LogP contribution in [0.1, 0.15) is 11.6 Å². The number of fused-ring (bicyclic) bond motifs is 1. The van der Waals surface area contributed by atoms with Gasteiger partial charge in [0.15, 0.2) is 0 Å². The standard InChI is InChI=1S/C18H11Cl2N3O2S/c1-10-22-17-13(7-8-26-17)18(24)23(10)21-9-11-5-6-15(25-11)12-3-2-4-14(19)16(12)20/h2-9H,1H3/b21-9-. The van der Waals surface area contributed by atoms with Gasteiger partial charge in [-0.05, 0) is 42.6 Å². The van der Waals surface area contributed by atoms with Crippen molar-refractivity contribution in [2.45, 2.75) is 6.92 Å². The number of hydrogen-bond donors (Lipinski definition) is 0. The van der Waals surface area contributed by atoms with Crippen LogP contribution in [-0.2, 0) is 0 Å². The van der Waals surface area contributed by atoms with E-state index in [1.807, 2.05) is 11.4 Å². The van der Waals surface area contributed by atoms with Crippen LogP contribution < -0.4 is 5.56 Å². The Morgan fingerprint density at radius 1 is 1.23 bits per heavy atom. The van der Waals surface area contributed by atoms with Crippen LogP contribution in [-0.4, -0.2) is 15.9 Å². The second-order valence-electron chi connectivity index (χ2n) is 5.46. The lowest BCUT2D eigenvalue weighted by molar-refractivity contribution is 0.574. The zero-order valence-corrected chi connectivity index (χ0v) is 15.8. The first-order valence-corrected chi connectivity index (χ1v) is 9.23. The van der Waals surface area contributed by atoms with Crippen molar-refractivity contribution in [2.75, 3.05) is 0 Å². The molecule has 0 aliphatic rings. The fourth-order valence-electron chi connectivity index (χ4n) is 2.52. The molecule has 1 aromatic carbocycles. The molecule has 0 aliphatic heterocycles. The van der Waals surface area contributed by atoms with Crippen LogP contribution >= 0.6 is 34.5 Å². The van der Waals surface area contributed by atoms with Crippen molar-refractivity contribution in [1.29, 1.82) is 0 Å². The Morgan fingerprint density at radius 3 is 2.92 bits per heavy atom. The topological polar surface area (TPSA) is 60.4 Å². The molecule has 0 aliphatic carbocycles. The number of benzene rings is 1. The van der Waals surface area contributed by atoms with Crippen LogP contribution in [0, 0.1) is 6.92 Å². The number of aromatic nitrogens is 2. The molecule has 3 heterocycles. The molecule has 3 aromatic heterocycles. The number of halogens is 2. The van der Waals surface area contributed by atoms with E-state index in [2.05, 4.69) is 10.1 Å².